The number of aryl methyl sites for hydroxylation is 1. The Morgan fingerprint density at radius 1 is 1.62 bits per heavy atom. The van der Waals surface area contributed by atoms with Crippen LogP contribution in [0.2, 0.25) is 0 Å². The number of rotatable bonds is 4. The van der Waals surface area contributed by atoms with E-state index in [9.17, 15) is 5.11 Å². The van der Waals surface area contributed by atoms with E-state index in [1.165, 1.54) is 0 Å². The van der Waals surface area contributed by atoms with Crippen molar-refractivity contribution in [3.05, 3.63) is 29.8 Å². The molecule has 0 saturated carbocycles. The van der Waals surface area contributed by atoms with E-state index in [2.05, 4.69) is 12.0 Å². The van der Waals surface area contributed by atoms with Crippen LogP contribution in [0.15, 0.2) is 24.1 Å². The normalized spacial score (nSPS) is 17.8. The van der Waals surface area contributed by atoms with E-state index < -0.39 is 6.10 Å². The average molecular weight is 222 g/mol. The smallest absolute Gasteiger partial charge is 0.120 e. The van der Waals surface area contributed by atoms with E-state index in [-0.39, 0.29) is 0 Å². The van der Waals surface area contributed by atoms with Gasteiger partial charge in [0.05, 0.1) is 18.6 Å². The first-order chi connectivity index (χ1) is 7.83. The molecule has 1 aliphatic heterocycles. The van der Waals surface area contributed by atoms with Gasteiger partial charge in [-0.1, -0.05) is 6.92 Å². The van der Waals surface area contributed by atoms with Crippen LogP contribution in [0.4, 0.5) is 0 Å². The summed E-state index contributed by atoms with van der Waals surface area (Å²) in [6.45, 7) is 3.69. The second-order valence-corrected chi connectivity index (χ2v) is 4.05. The molecule has 0 aliphatic carbocycles. The van der Waals surface area contributed by atoms with E-state index in [1.54, 1.807) is 12.5 Å². The molecular weight excluding hydrogens is 204 g/mol. The molecule has 1 aromatic rings. The maximum Gasteiger partial charge on any atom is 0.120 e. The number of hydrogen-bond donors (Lipinski definition) is 1. The standard InChI is InChI=1S/C12H18N2O2/c1-2-7-14-11(5-6-13-14)12(15)10-4-3-8-16-9-10/h5-6,9,12,15H,2-4,7-8H2,1H3. The van der Waals surface area contributed by atoms with Crippen LogP contribution in [0.5, 0.6) is 0 Å². The Kier molecular flexibility index (Phi) is 3.62. The van der Waals surface area contributed by atoms with Gasteiger partial charge < -0.3 is 9.84 Å². The maximum atomic E-state index is 10.2. The monoisotopic (exact) mass is 222 g/mol. The summed E-state index contributed by atoms with van der Waals surface area (Å²) >= 11 is 0. The van der Waals surface area contributed by atoms with Gasteiger partial charge in [0.25, 0.3) is 0 Å². The van der Waals surface area contributed by atoms with Crippen molar-refractivity contribution in [2.45, 2.75) is 38.8 Å². The van der Waals surface area contributed by atoms with E-state index in [4.69, 9.17) is 4.74 Å². The van der Waals surface area contributed by atoms with Gasteiger partial charge in [0.2, 0.25) is 0 Å². The molecule has 0 aromatic carbocycles. The third-order valence-corrected chi connectivity index (χ3v) is 2.78. The third-order valence-electron chi connectivity index (χ3n) is 2.78. The molecule has 1 aliphatic rings. The summed E-state index contributed by atoms with van der Waals surface area (Å²) in [5.41, 5.74) is 1.81. The van der Waals surface area contributed by atoms with Gasteiger partial charge in [-0.3, -0.25) is 4.68 Å². The Morgan fingerprint density at radius 3 is 3.19 bits per heavy atom. The molecule has 4 heteroatoms. The number of ether oxygens (including phenoxy) is 1. The number of aliphatic hydroxyl groups is 1. The third kappa shape index (κ3) is 2.27. The molecule has 0 spiro atoms. The highest BCUT2D eigenvalue weighted by atomic mass is 16.5. The number of aromatic nitrogens is 2. The summed E-state index contributed by atoms with van der Waals surface area (Å²) in [5.74, 6) is 0. The second kappa shape index (κ2) is 5.16. The lowest BCUT2D eigenvalue weighted by Crippen LogP contribution is -2.13. The fourth-order valence-corrected chi connectivity index (χ4v) is 1.95. The van der Waals surface area contributed by atoms with Crippen LogP contribution < -0.4 is 0 Å². The molecule has 0 fully saturated rings. The van der Waals surface area contributed by atoms with E-state index in [0.717, 1.165) is 43.7 Å². The van der Waals surface area contributed by atoms with Crippen molar-refractivity contribution in [3.8, 4) is 0 Å². The van der Waals surface area contributed by atoms with Gasteiger partial charge in [0, 0.05) is 12.7 Å². The molecule has 1 aromatic heterocycles. The van der Waals surface area contributed by atoms with Crippen molar-refractivity contribution in [3.63, 3.8) is 0 Å². The van der Waals surface area contributed by atoms with Gasteiger partial charge in [-0.15, -0.1) is 0 Å². The SMILES string of the molecule is CCCn1nccc1C(O)C1=COCCC1. The van der Waals surface area contributed by atoms with Crippen LogP contribution in [0.25, 0.3) is 0 Å². The molecule has 1 N–H and O–H groups in total. The molecule has 4 nitrogen and oxygen atoms in total. The second-order valence-electron chi connectivity index (χ2n) is 4.05. The van der Waals surface area contributed by atoms with Crippen LogP contribution in [-0.4, -0.2) is 21.5 Å². The van der Waals surface area contributed by atoms with Gasteiger partial charge in [-0.25, -0.2) is 0 Å². The first-order valence-corrected chi connectivity index (χ1v) is 5.83. The molecule has 0 radical (unpaired) electrons. The lowest BCUT2D eigenvalue weighted by Gasteiger charge is -2.19. The fraction of sp³-hybridized carbons (Fsp3) is 0.583. The predicted octanol–water partition coefficient (Wildman–Crippen LogP) is 2.02. The van der Waals surface area contributed by atoms with Crippen molar-refractivity contribution < 1.29 is 9.84 Å². The zero-order chi connectivity index (χ0) is 11.4. The van der Waals surface area contributed by atoms with Crippen molar-refractivity contribution in [2.75, 3.05) is 6.61 Å². The summed E-state index contributed by atoms with van der Waals surface area (Å²) in [4.78, 5) is 0. The minimum absolute atomic E-state index is 0.575. The zero-order valence-electron chi connectivity index (χ0n) is 9.59. The highest BCUT2D eigenvalue weighted by Crippen LogP contribution is 2.27. The highest BCUT2D eigenvalue weighted by Gasteiger charge is 2.19. The molecule has 16 heavy (non-hydrogen) atoms. The first-order valence-electron chi connectivity index (χ1n) is 5.83. The van der Waals surface area contributed by atoms with Crippen molar-refractivity contribution in [2.24, 2.45) is 0 Å². The molecule has 0 bridgehead atoms. The van der Waals surface area contributed by atoms with Crippen LogP contribution in [0, 0.1) is 0 Å². The van der Waals surface area contributed by atoms with E-state index in [0.29, 0.717) is 0 Å². The molecule has 1 unspecified atom stereocenters. The van der Waals surface area contributed by atoms with Crippen molar-refractivity contribution in [1.29, 1.82) is 0 Å². The number of nitrogens with zero attached hydrogens (tertiary/aromatic N) is 2. The van der Waals surface area contributed by atoms with Crippen LogP contribution in [0.3, 0.4) is 0 Å². The summed E-state index contributed by atoms with van der Waals surface area (Å²) < 4.78 is 7.11. The number of aliphatic hydroxyl groups excluding tert-OH is 1. The zero-order valence-corrected chi connectivity index (χ0v) is 9.59. The van der Waals surface area contributed by atoms with Gasteiger partial charge in [0.15, 0.2) is 0 Å². The first kappa shape index (κ1) is 11.2. The Morgan fingerprint density at radius 2 is 2.50 bits per heavy atom. The van der Waals surface area contributed by atoms with Gasteiger partial charge in [0.1, 0.15) is 6.10 Å². The molecule has 2 rings (SSSR count). The summed E-state index contributed by atoms with van der Waals surface area (Å²) in [6.07, 6.45) is 5.74. The molecule has 88 valence electrons. The largest absolute Gasteiger partial charge is 0.501 e. The molecule has 2 heterocycles. The van der Waals surface area contributed by atoms with Crippen molar-refractivity contribution >= 4 is 0 Å². The Bertz CT molecular complexity index is 371. The Labute approximate surface area is 95.5 Å². The van der Waals surface area contributed by atoms with E-state index >= 15 is 0 Å². The Balaban J connectivity index is 2.15. The predicted molar refractivity (Wildman–Crippen MR) is 60.7 cm³/mol. The lowest BCUT2D eigenvalue weighted by molar-refractivity contribution is 0.163. The van der Waals surface area contributed by atoms with Gasteiger partial charge in [-0.05, 0) is 30.9 Å². The van der Waals surface area contributed by atoms with Crippen LogP contribution >= 0.6 is 0 Å². The molecule has 0 saturated heterocycles. The molecule has 1 atom stereocenters. The van der Waals surface area contributed by atoms with Crippen LogP contribution in [-0.2, 0) is 11.3 Å². The number of hydrogen-bond acceptors (Lipinski definition) is 3. The molecule has 0 amide bonds. The van der Waals surface area contributed by atoms with Gasteiger partial charge in [-0.2, -0.15) is 5.10 Å². The lowest BCUT2D eigenvalue weighted by atomic mass is 10.0. The topological polar surface area (TPSA) is 47.3 Å². The minimum Gasteiger partial charge on any atom is -0.501 e. The summed E-state index contributed by atoms with van der Waals surface area (Å²) in [7, 11) is 0. The highest BCUT2D eigenvalue weighted by molar-refractivity contribution is 5.19. The van der Waals surface area contributed by atoms with Gasteiger partial charge >= 0.3 is 0 Å². The summed E-state index contributed by atoms with van der Waals surface area (Å²) in [5, 5.41) is 14.4. The minimum atomic E-state index is -0.575. The average Bonchev–Trinajstić information content (AvgIpc) is 2.78. The molecular formula is C12H18N2O2. The van der Waals surface area contributed by atoms with Crippen LogP contribution in [0.1, 0.15) is 38.0 Å². The summed E-state index contributed by atoms with van der Waals surface area (Å²) in [6, 6.07) is 1.87. The quantitative estimate of drug-likeness (QED) is 0.847. The fourth-order valence-electron chi connectivity index (χ4n) is 1.95. The Hall–Kier alpha value is -1.29. The maximum absolute atomic E-state index is 10.2. The van der Waals surface area contributed by atoms with Crippen molar-refractivity contribution in [1.82, 2.24) is 9.78 Å². The van der Waals surface area contributed by atoms with E-state index in [1.807, 2.05) is 10.7 Å².